The van der Waals surface area contributed by atoms with E-state index in [0.717, 1.165) is 38.9 Å². The van der Waals surface area contributed by atoms with Gasteiger partial charge in [-0.2, -0.15) is 8.42 Å². The fourth-order valence-corrected chi connectivity index (χ4v) is 4.07. The van der Waals surface area contributed by atoms with Crippen molar-refractivity contribution >= 4 is 49.0 Å². The molecule has 7 nitrogen and oxygen atoms in total. The van der Waals surface area contributed by atoms with E-state index in [-0.39, 0.29) is 48.3 Å². The molecule has 4 aromatic rings. The first-order chi connectivity index (χ1) is 14.9. The minimum atomic E-state index is -3.98. The van der Waals surface area contributed by atoms with Gasteiger partial charge < -0.3 is 15.7 Å². The van der Waals surface area contributed by atoms with Crippen molar-refractivity contribution in [2.45, 2.75) is 13.0 Å². The zero-order valence-corrected chi connectivity index (χ0v) is 20.6. The molecule has 0 bridgehead atoms. The molecule has 0 aliphatic carbocycles. The fraction of sp³-hybridized carbons (Fsp3) is 0.174. The third kappa shape index (κ3) is 5.98. The molecule has 0 saturated heterocycles. The summed E-state index contributed by atoms with van der Waals surface area (Å²) in [5, 5.41) is 18.3. The number of anilines is 3. The molecule has 0 saturated carbocycles. The number of aliphatic hydroxyl groups excluding tert-OH is 1. The minimum absolute atomic E-state index is 0. The summed E-state index contributed by atoms with van der Waals surface area (Å²) >= 11 is 0. The molecule has 0 spiro atoms. The first-order valence-electron chi connectivity index (χ1n) is 9.91. The van der Waals surface area contributed by atoms with Crippen LogP contribution in [0.25, 0.3) is 21.8 Å². The van der Waals surface area contributed by atoms with E-state index in [0.29, 0.717) is 12.1 Å². The standard InChI is InChI=1S/C23H23N3O4S.Na/c27-15-16-12-17(24-10-5-11-31(28,29)30)14-18(13-16)25-23-19-6-1-3-8-21(19)26-22-9-4-2-7-20(22)23;/h1-4,6-9,12-14,24,27H,5,10-11,15H2,(H,25,26)(H,28,29,30);/q;+1. The molecular formula is C23H23N3NaO4S+. The normalized spacial score (nSPS) is 11.3. The van der Waals surface area contributed by atoms with Crippen LogP contribution in [0.15, 0.2) is 66.7 Å². The third-order valence-electron chi connectivity index (χ3n) is 4.94. The topological polar surface area (TPSA) is 112 Å². The quantitative estimate of drug-likeness (QED) is 0.136. The SMILES string of the molecule is O=S(=O)(O)CCCNc1cc(CO)cc(Nc2c3ccccc3nc3ccccc23)c1.[Na+]. The van der Waals surface area contributed by atoms with Crippen molar-refractivity contribution in [1.29, 1.82) is 0 Å². The molecule has 3 aromatic carbocycles. The van der Waals surface area contributed by atoms with Gasteiger partial charge in [-0.15, -0.1) is 0 Å². The van der Waals surface area contributed by atoms with Crippen LogP contribution in [0.3, 0.4) is 0 Å². The molecule has 0 aliphatic rings. The van der Waals surface area contributed by atoms with Crippen LogP contribution in [0.5, 0.6) is 0 Å². The molecule has 0 unspecified atom stereocenters. The van der Waals surface area contributed by atoms with Gasteiger partial charge in [-0.05, 0) is 42.3 Å². The Kier molecular flexibility index (Phi) is 8.10. The van der Waals surface area contributed by atoms with E-state index in [2.05, 4.69) is 10.6 Å². The van der Waals surface area contributed by atoms with Gasteiger partial charge in [0, 0.05) is 28.7 Å². The number of pyridine rings is 1. The van der Waals surface area contributed by atoms with E-state index >= 15 is 0 Å². The van der Waals surface area contributed by atoms with Crippen LogP contribution in [0.1, 0.15) is 12.0 Å². The van der Waals surface area contributed by atoms with Crippen molar-refractivity contribution in [3.05, 3.63) is 72.3 Å². The maximum absolute atomic E-state index is 10.9. The van der Waals surface area contributed by atoms with Gasteiger partial charge in [0.15, 0.2) is 0 Å². The fourth-order valence-electron chi connectivity index (χ4n) is 3.56. The van der Waals surface area contributed by atoms with Gasteiger partial charge >= 0.3 is 29.6 Å². The van der Waals surface area contributed by atoms with Gasteiger partial charge in [0.1, 0.15) is 0 Å². The summed E-state index contributed by atoms with van der Waals surface area (Å²) in [6.07, 6.45) is 0.268. The van der Waals surface area contributed by atoms with Crippen molar-refractivity contribution < 1.29 is 47.6 Å². The molecule has 9 heteroatoms. The molecule has 0 atom stereocenters. The Labute approximate surface area is 208 Å². The van der Waals surface area contributed by atoms with Gasteiger partial charge in [-0.1, -0.05) is 36.4 Å². The molecule has 0 aliphatic heterocycles. The van der Waals surface area contributed by atoms with Gasteiger partial charge in [0.25, 0.3) is 10.1 Å². The minimum Gasteiger partial charge on any atom is -0.392 e. The Morgan fingerprint density at radius 3 is 2.06 bits per heavy atom. The second-order valence-corrected chi connectivity index (χ2v) is 8.86. The Balaban J connectivity index is 0.00000289. The molecular weight excluding hydrogens is 437 g/mol. The number of aliphatic hydroxyl groups is 1. The van der Waals surface area contributed by atoms with E-state index < -0.39 is 10.1 Å². The molecule has 4 N–H and O–H groups in total. The first-order valence-corrected chi connectivity index (χ1v) is 11.5. The zero-order chi connectivity index (χ0) is 21.8. The summed E-state index contributed by atoms with van der Waals surface area (Å²) in [7, 11) is -3.98. The van der Waals surface area contributed by atoms with Crippen molar-refractivity contribution in [1.82, 2.24) is 4.98 Å². The number of hydrogen-bond donors (Lipinski definition) is 4. The summed E-state index contributed by atoms with van der Waals surface area (Å²) in [6.45, 7) is 0.238. The number of aromatic nitrogens is 1. The summed E-state index contributed by atoms with van der Waals surface area (Å²) in [6, 6.07) is 21.4. The molecule has 1 heterocycles. The molecule has 0 fully saturated rings. The van der Waals surface area contributed by atoms with E-state index in [1.165, 1.54) is 0 Å². The number of rotatable bonds is 8. The Morgan fingerprint density at radius 2 is 1.47 bits per heavy atom. The maximum atomic E-state index is 10.9. The number of nitrogens with one attached hydrogen (secondary N) is 2. The third-order valence-corrected chi connectivity index (χ3v) is 5.75. The Bertz CT molecular complexity index is 1290. The molecule has 4 rings (SSSR count). The number of benzene rings is 3. The van der Waals surface area contributed by atoms with Gasteiger partial charge in [0.05, 0.1) is 29.1 Å². The van der Waals surface area contributed by atoms with Crippen molar-refractivity contribution in [3.63, 3.8) is 0 Å². The number of para-hydroxylation sites is 2. The predicted molar refractivity (Wildman–Crippen MR) is 124 cm³/mol. The van der Waals surface area contributed by atoms with Crippen LogP contribution in [-0.4, -0.2) is 35.4 Å². The largest absolute Gasteiger partial charge is 1.00 e. The van der Waals surface area contributed by atoms with Crippen molar-refractivity contribution in [3.8, 4) is 0 Å². The average molecular weight is 461 g/mol. The smallest absolute Gasteiger partial charge is 0.392 e. The summed E-state index contributed by atoms with van der Waals surface area (Å²) < 4.78 is 30.7. The second kappa shape index (κ2) is 10.6. The first kappa shape index (κ1) is 24.4. The molecule has 32 heavy (non-hydrogen) atoms. The summed E-state index contributed by atoms with van der Waals surface area (Å²) in [5.41, 5.74) is 4.92. The van der Waals surface area contributed by atoms with Gasteiger partial charge in [-0.3, -0.25) is 4.55 Å². The van der Waals surface area contributed by atoms with E-state index in [4.69, 9.17) is 9.54 Å². The zero-order valence-electron chi connectivity index (χ0n) is 17.7. The second-order valence-electron chi connectivity index (χ2n) is 7.29. The van der Waals surface area contributed by atoms with Crippen LogP contribution < -0.4 is 40.2 Å². The predicted octanol–water partition coefficient (Wildman–Crippen LogP) is 1.32. The average Bonchev–Trinajstić information content (AvgIpc) is 2.76. The van der Waals surface area contributed by atoms with E-state index in [9.17, 15) is 13.5 Å². The molecule has 0 radical (unpaired) electrons. The maximum Gasteiger partial charge on any atom is 1.00 e. The van der Waals surface area contributed by atoms with Crippen LogP contribution in [0.4, 0.5) is 17.1 Å². The van der Waals surface area contributed by atoms with Crippen molar-refractivity contribution in [2.75, 3.05) is 22.9 Å². The van der Waals surface area contributed by atoms with Crippen LogP contribution in [-0.2, 0) is 16.7 Å². The number of fused-ring (bicyclic) bond motifs is 2. The van der Waals surface area contributed by atoms with Crippen LogP contribution in [0, 0.1) is 0 Å². The van der Waals surface area contributed by atoms with Crippen LogP contribution >= 0.6 is 0 Å². The molecule has 1 aromatic heterocycles. The van der Waals surface area contributed by atoms with Crippen molar-refractivity contribution in [2.24, 2.45) is 0 Å². The van der Waals surface area contributed by atoms with Crippen LogP contribution in [0.2, 0.25) is 0 Å². The van der Waals surface area contributed by atoms with Gasteiger partial charge in [-0.25, -0.2) is 4.98 Å². The molecule has 0 amide bonds. The summed E-state index contributed by atoms with van der Waals surface area (Å²) in [5.74, 6) is -0.306. The van der Waals surface area contributed by atoms with Gasteiger partial charge in [0.2, 0.25) is 0 Å². The van der Waals surface area contributed by atoms with E-state index in [1.807, 2.05) is 60.7 Å². The Hall–Kier alpha value is -2.20. The van der Waals surface area contributed by atoms with E-state index in [1.54, 1.807) is 6.07 Å². The molecule has 160 valence electrons. The number of hydrogen-bond acceptors (Lipinski definition) is 6. The number of nitrogens with zero attached hydrogens (tertiary/aromatic N) is 1. The summed E-state index contributed by atoms with van der Waals surface area (Å²) in [4.78, 5) is 4.74. The Morgan fingerprint density at radius 1 is 0.875 bits per heavy atom. The monoisotopic (exact) mass is 460 g/mol.